The van der Waals surface area contributed by atoms with Gasteiger partial charge in [0.1, 0.15) is 0 Å². The summed E-state index contributed by atoms with van der Waals surface area (Å²) >= 11 is 0. The molecule has 0 saturated heterocycles. The number of rotatable bonds is 4. The lowest BCUT2D eigenvalue weighted by molar-refractivity contribution is 0.740. The molecule has 2 aromatic rings. The van der Waals surface area contributed by atoms with Crippen LogP contribution in [0.5, 0.6) is 0 Å². The first-order valence-corrected chi connectivity index (χ1v) is 7.61. The lowest BCUT2D eigenvalue weighted by atomic mass is 9.93. The van der Waals surface area contributed by atoms with Crippen molar-refractivity contribution in [3.05, 3.63) is 59.7 Å². The fourth-order valence-corrected chi connectivity index (χ4v) is 2.91. The summed E-state index contributed by atoms with van der Waals surface area (Å²) in [6.07, 6.45) is 4.88. The second-order valence-corrected chi connectivity index (χ2v) is 5.42. The Labute approximate surface area is 121 Å². The molecule has 1 heterocycles. The Hall–Kier alpha value is -1.89. The smallest absolute Gasteiger partial charge is 0.0649 e. The molecule has 20 heavy (non-hydrogen) atoms. The van der Waals surface area contributed by atoms with Crippen LogP contribution in [0.4, 0.5) is 0 Å². The summed E-state index contributed by atoms with van der Waals surface area (Å²) in [7, 11) is 0. The highest BCUT2D eigenvalue weighted by molar-refractivity contribution is 6.06. The molecule has 0 atom stereocenters. The average molecular weight is 263 g/mol. The SMILES string of the molecule is CCCCCC1=NCc2ccccc2-c2ccccc21. The van der Waals surface area contributed by atoms with Crippen molar-refractivity contribution < 1.29 is 0 Å². The van der Waals surface area contributed by atoms with Gasteiger partial charge in [-0.2, -0.15) is 0 Å². The molecule has 1 nitrogen and oxygen atoms in total. The lowest BCUT2D eigenvalue weighted by Gasteiger charge is -2.10. The summed E-state index contributed by atoms with van der Waals surface area (Å²) in [5.41, 5.74) is 6.64. The van der Waals surface area contributed by atoms with E-state index in [1.165, 1.54) is 47.2 Å². The molecule has 102 valence electrons. The molecule has 1 aliphatic heterocycles. The van der Waals surface area contributed by atoms with Gasteiger partial charge >= 0.3 is 0 Å². The van der Waals surface area contributed by atoms with Crippen LogP contribution >= 0.6 is 0 Å². The number of hydrogen-bond donors (Lipinski definition) is 0. The first-order valence-electron chi connectivity index (χ1n) is 7.61. The molecule has 0 bridgehead atoms. The summed E-state index contributed by atoms with van der Waals surface area (Å²) in [6, 6.07) is 17.4. The molecule has 0 radical (unpaired) electrons. The zero-order valence-corrected chi connectivity index (χ0v) is 12.1. The van der Waals surface area contributed by atoms with E-state index in [4.69, 9.17) is 4.99 Å². The van der Waals surface area contributed by atoms with Gasteiger partial charge in [-0.15, -0.1) is 0 Å². The van der Waals surface area contributed by atoms with E-state index < -0.39 is 0 Å². The third kappa shape index (κ3) is 2.53. The quantitative estimate of drug-likeness (QED) is 0.669. The largest absolute Gasteiger partial charge is 0.284 e. The van der Waals surface area contributed by atoms with Crippen molar-refractivity contribution in [2.24, 2.45) is 4.99 Å². The van der Waals surface area contributed by atoms with Crippen molar-refractivity contribution >= 4 is 5.71 Å². The first kappa shape index (κ1) is 13.1. The Morgan fingerprint density at radius 2 is 1.55 bits per heavy atom. The van der Waals surface area contributed by atoms with Crippen LogP contribution in [0.25, 0.3) is 11.1 Å². The number of aliphatic imine (C=N–C) groups is 1. The standard InChI is InChI=1S/C19H21N/c1-2-3-4-13-19-18-12-8-7-11-17(18)16-10-6-5-9-15(16)14-20-19/h5-12H,2-4,13-14H2,1H3. The lowest BCUT2D eigenvalue weighted by Crippen LogP contribution is -2.02. The zero-order valence-electron chi connectivity index (χ0n) is 12.1. The van der Waals surface area contributed by atoms with Gasteiger partial charge in [-0.25, -0.2) is 0 Å². The Morgan fingerprint density at radius 3 is 2.35 bits per heavy atom. The number of hydrogen-bond acceptors (Lipinski definition) is 1. The predicted molar refractivity (Wildman–Crippen MR) is 86.3 cm³/mol. The van der Waals surface area contributed by atoms with Crippen LogP contribution < -0.4 is 0 Å². The fourth-order valence-electron chi connectivity index (χ4n) is 2.91. The van der Waals surface area contributed by atoms with Crippen LogP contribution in [0, 0.1) is 0 Å². The molecule has 0 aliphatic carbocycles. The van der Waals surface area contributed by atoms with Gasteiger partial charge in [0.15, 0.2) is 0 Å². The predicted octanol–water partition coefficient (Wildman–Crippen LogP) is 5.24. The average Bonchev–Trinajstić information content (AvgIpc) is 2.66. The maximum atomic E-state index is 4.89. The van der Waals surface area contributed by atoms with E-state index in [1.54, 1.807) is 0 Å². The molecule has 0 N–H and O–H groups in total. The Kier molecular flexibility index (Phi) is 3.96. The van der Waals surface area contributed by atoms with Crippen LogP contribution in [0.2, 0.25) is 0 Å². The monoisotopic (exact) mass is 263 g/mol. The zero-order chi connectivity index (χ0) is 13.8. The Balaban J connectivity index is 2.02. The summed E-state index contributed by atoms with van der Waals surface area (Å²) in [6.45, 7) is 3.06. The van der Waals surface area contributed by atoms with E-state index in [0.29, 0.717) is 0 Å². The molecule has 3 rings (SSSR count). The molecular weight excluding hydrogens is 242 g/mol. The summed E-state index contributed by atoms with van der Waals surface area (Å²) < 4.78 is 0. The number of unbranched alkanes of at least 4 members (excludes halogenated alkanes) is 2. The van der Waals surface area contributed by atoms with Crippen molar-refractivity contribution in [1.29, 1.82) is 0 Å². The summed E-state index contributed by atoms with van der Waals surface area (Å²) in [5, 5.41) is 0. The van der Waals surface area contributed by atoms with Gasteiger partial charge < -0.3 is 0 Å². The van der Waals surface area contributed by atoms with Crippen LogP contribution in [0.3, 0.4) is 0 Å². The molecule has 1 heteroatoms. The second-order valence-electron chi connectivity index (χ2n) is 5.42. The summed E-state index contributed by atoms with van der Waals surface area (Å²) in [4.78, 5) is 4.89. The maximum Gasteiger partial charge on any atom is 0.0649 e. The molecule has 0 aromatic heterocycles. The van der Waals surface area contributed by atoms with Crippen molar-refractivity contribution in [1.82, 2.24) is 0 Å². The fraction of sp³-hybridized carbons (Fsp3) is 0.316. The molecule has 2 aromatic carbocycles. The minimum atomic E-state index is 0.812. The van der Waals surface area contributed by atoms with Crippen molar-refractivity contribution in [2.75, 3.05) is 0 Å². The topological polar surface area (TPSA) is 12.4 Å². The van der Waals surface area contributed by atoms with Crippen molar-refractivity contribution in [3.8, 4) is 11.1 Å². The van der Waals surface area contributed by atoms with Gasteiger partial charge in [0, 0.05) is 11.3 Å². The van der Waals surface area contributed by atoms with Gasteiger partial charge in [0.2, 0.25) is 0 Å². The van der Waals surface area contributed by atoms with E-state index in [9.17, 15) is 0 Å². The molecule has 0 unspecified atom stereocenters. The minimum Gasteiger partial charge on any atom is -0.284 e. The van der Waals surface area contributed by atoms with Gasteiger partial charge in [0.25, 0.3) is 0 Å². The third-order valence-corrected chi connectivity index (χ3v) is 4.00. The van der Waals surface area contributed by atoms with Crippen molar-refractivity contribution in [3.63, 3.8) is 0 Å². The van der Waals surface area contributed by atoms with Crippen molar-refractivity contribution in [2.45, 2.75) is 39.2 Å². The van der Waals surface area contributed by atoms with E-state index >= 15 is 0 Å². The normalized spacial score (nSPS) is 13.2. The van der Waals surface area contributed by atoms with E-state index in [2.05, 4.69) is 55.5 Å². The molecular formula is C19H21N. The Bertz CT molecular complexity index is 625. The van der Waals surface area contributed by atoms with Gasteiger partial charge in [-0.3, -0.25) is 4.99 Å². The van der Waals surface area contributed by atoms with E-state index in [1.807, 2.05) is 0 Å². The van der Waals surface area contributed by atoms with E-state index in [0.717, 1.165) is 13.0 Å². The highest BCUT2D eigenvalue weighted by atomic mass is 14.7. The molecule has 0 saturated carbocycles. The van der Waals surface area contributed by atoms with Crippen LogP contribution in [-0.2, 0) is 6.54 Å². The van der Waals surface area contributed by atoms with Crippen LogP contribution in [0.15, 0.2) is 53.5 Å². The Morgan fingerprint density at radius 1 is 0.850 bits per heavy atom. The van der Waals surface area contributed by atoms with Gasteiger partial charge in [0.05, 0.1) is 6.54 Å². The highest BCUT2D eigenvalue weighted by Gasteiger charge is 2.16. The maximum absolute atomic E-state index is 4.89. The number of fused-ring (bicyclic) bond motifs is 3. The summed E-state index contributed by atoms with van der Waals surface area (Å²) in [5.74, 6) is 0. The van der Waals surface area contributed by atoms with Crippen LogP contribution in [-0.4, -0.2) is 5.71 Å². The number of nitrogens with zero attached hydrogens (tertiary/aromatic N) is 1. The first-order chi connectivity index (χ1) is 9.90. The minimum absolute atomic E-state index is 0.812. The van der Waals surface area contributed by atoms with Gasteiger partial charge in [-0.05, 0) is 29.5 Å². The third-order valence-electron chi connectivity index (χ3n) is 4.00. The van der Waals surface area contributed by atoms with Gasteiger partial charge in [-0.1, -0.05) is 68.3 Å². The van der Waals surface area contributed by atoms with Crippen LogP contribution in [0.1, 0.15) is 43.7 Å². The number of benzene rings is 2. The van der Waals surface area contributed by atoms with E-state index in [-0.39, 0.29) is 0 Å². The molecule has 0 amide bonds. The molecule has 0 fully saturated rings. The molecule has 1 aliphatic rings. The second kappa shape index (κ2) is 6.04. The highest BCUT2D eigenvalue weighted by Crippen LogP contribution is 2.31. The molecule has 0 spiro atoms.